The third kappa shape index (κ3) is 9.35. The first-order valence-corrected chi connectivity index (χ1v) is 25.7. The van der Waals surface area contributed by atoms with Gasteiger partial charge in [0.25, 0.3) is 11.8 Å². The molecule has 2 fully saturated rings. The minimum absolute atomic E-state index is 0.0116. The molecule has 2 saturated heterocycles. The molecule has 17 nitrogen and oxygen atoms in total. The maximum absolute atomic E-state index is 15.0. The SMILES string of the molecule is C[C@@H]1CNc2c(sc3ccc4nc(Nc5cc(F)nc(CN6CCN(CC7CCCN(Cc8nc(F)cc(Nc9ccc%10c(ccc%11sc%12c(c%11%10)NC[C@@H](C)NC%12=O)n9)n8)C7)CC6)n5)ccc4c23)C(=O)N1. The molecule has 0 aliphatic carbocycles. The second-order valence-corrected chi connectivity index (χ2v) is 21.2. The van der Waals surface area contributed by atoms with Gasteiger partial charge >= 0.3 is 0 Å². The summed E-state index contributed by atoms with van der Waals surface area (Å²) < 4.78 is 32.0. The molecule has 4 aliphatic heterocycles. The van der Waals surface area contributed by atoms with E-state index in [0.29, 0.717) is 76.8 Å². The molecule has 6 aromatic heterocycles. The number of fused-ring (bicyclic) bond motifs is 10. The van der Waals surface area contributed by atoms with E-state index in [2.05, 4.69) is 61.6 Å². The summed E-state index contributed by atoms with van der Waals surface area (Å²) in [6.07, 6.45) is 2.14. The van der Waals surface area contributed by atoms with E-state index in [9.17, 15) is 14.0 Å². The molecule has 21 heteroatoms. The number of likely N-dealkylation sites (tertiary alicyclic amines) is 1. The van der Waals surface area contributed by atoms with Gasteiger partial charge in [-0.2, -0.15) is 8.78 Å². The highest BCUT2D eigenvalue weighted by atomic mass is 32.1. The highest BCUT2D eigenvalue weighted by Gasteiger charge is 2.29. The standard InChI is InChI=1S/C50H51F2N15O2S2/c1-26-20-53-45-43-29-5-11-37(57-31(29)7-9-33(43)70-47(45)49(68)55-26)61-39-18-35(51)59-41(63-39)24-66-16-14-65(15-17-66)22-28-4-3-13-67(23-28)25-42-60-36(52)19-40(64-42)62-38-12-6-30-32(58-38)8-10-34-44(30)46-48(71-34)50(69)56-27(2)21-54-46/h5-12,18-19,26-28,53-54H,3-4,13-17,20-25H2,1-2H3,(H,55,68)(H,56,69)(H,57,59,61,63)(H,58,60,62,64)/t26-,27-,28?/m1/s1. The quantitative estimate of drug-likeness (QED) is 0.0731. The second-order valence-electron chi connectivity index (χ2n) is 19.1. The van der Waals surface area contributed by atoms with E-state index < -0.39 is 11.9 Å². The number of aromatic nitrogens is 6. The van der Waals surface area contributed by atoms with Crippen molar-refractivity contribution < 1.29 is 18.4 Å². The van der Waals surface area contributed by atoms with Crippen molar-refractivity contribution in [2.75, 3.05) is 80.2 Å². The van der Waals surface area contributed by atoms with Gasteiger partial charge in [0.1, 0.15) is 44.7 Å². The molecule has 2 amide bonds. The lowest BCUT2D eigenvalue weighted by Crippen LogP contribution is -2.49. The van der Waals surface area contributed by atoms with Crippen LogP contribution >= 0.6 is 22.7 Å². The number of benzene rings is 2. The number of anilines is 6. The minimum Gasteiger partial charge on any atom is -0.381 e. The Morgan fingerprint density at radius 3 is 1.65 bits per heavy atom. The molecule has 8 aromatic rings. The van der Waals surface area contributed by atoms with Crippen LogP contribution < -0.4 is 31.9 Å². The molecule has 0 bridgehead atoms. The number of hydrogen-bond acceptors (Lipinski definition) is 17. The molecule has 364 valence electrons. The normalized spacial score (nSPS) is 20.2. The third-order valence-corrected chi connectivity index (χ3v) is 16.0. The van der Waals surface area contributed by atoms with Gasteiger partial charge in [-0.1, -0.05) is 0 Å². The average Bonchev–Trinajstić information content (AvgIpc) is 3.84. The van der Waals surface area contributed by atoms with E-state index in [0.717, 1.165) is 112 Å². The van der Waals surface area contributed by atoms with Gasteiger partial charge in [-0.15, -0.1) is 22.7 Å². The number of halogens is 2. The number of pyridine rings is 2. The van der Waals surface area contributed by atoms with Crippen LogP contribution in [0, 0.1) is 17.8 Å². The van der Waals surface area contributed by atoms with E-state index >= 15 is 4.39 Å². The molecule has 1 unspecified atom stereocenters. The maximum Gasteiger partial charge on any atom is 0.263 e. The topological polar surface area (TPSA) is 193 Å². The van der Waals surface area contributed by atoms with Crippen LogP contribution in [0.4, 0.5) is 43.4 Å². The molecule has 0 radical (unpaired) electrons. The Balaban J connectivity index is 0.645. The molecule has 0 spiro atoms. The molecular weight excluding hydrogens is 945 g/mol. The predicted molar refractivity (Wildman–Crippen MR) is 275 cm³/mol. The smallest absolute Gasteiger partial charge is 0.263 e. The molecule has 3 atom stereocenters. The average molecular weight is 996 g/mol. The highest BCUT2D eigenvalue weighted by Crippen LogP contribution is 2.43. The molecule has 0 saturated carbocycles. The Morgan fingerprint density at radius 1 is 0.606 bits per heavy atom. The van der Waals surface area contributed by atoms with Gasteiger partial charge in [0.2, 0.25) is 11.9 Å². The first kappa shape index (κ1) is 45.4. The van der Waals surface area contributed by atoms with Crippen LogP contribution in [0.1, 0.15) is 57.7 Å². The molecule has 6 N–H and O–H groups in total. The van der Waals surface area contributed by atoms with Crippen LogP contribution in [-0.2, 0) is 13.1 Å². The summed E-state index contributed by atoms with van der Waals surface area (Å²) in [5.41, 5.74) is 3.16. The van der Waals surface area contributed by atoms with Crippen molar-refractivity contribution >= 4 is 111 Å². The summed E-state index contributed by atoms with van der Waals surface area (Å²) in [4.78, 5) is 61.6. The fourth-order valence-electron chi connectivity index (χ4n) is 10.4. The minimum atomic E-state index is -0.613. The van der Waals surface area contributed by atoms with Crippen molar-refractivity contribution in [1.82, 2.24) is 55.2 Å². The zero-order valence-corrected chi connectivity index (χ0v) is 40.7. The largest absolute Gasteiger partial charge is 0.381 e. The molecule has 10 heterocycles. The summed E-state index contributed by atoms with van der Waals surface area (Å²) in [6.45, 7) is 12.1. The van der Waals surface area contributed by atoms with E-state index in [1.165, 1.54) is 34.8 Å². The van der Waals surface area contributed by atoms with Gasteiger partial charge in [-0.25, -0.2) is 29.9 Å². The van der Waals surface area contributed by atoms with Crippen LogP contribution in [0.3, 0.4) is 0 Å². The second kappa shape index (κ2) is 18.8. The number of nitrogens with one attached hydrogen (secondary N) is 6. The molecule has 2 aromatic carbocycles. The lowest BCUT2D eigenvalue weighted by Gasteiger charge is -2.39. The summed E-state index contributed by atoms with van der Waals surface area (Å²) in [5.74, 6) is 1.60. The molecule has 71 heavy (non-hydrogen) atoms. The Labute approximate surface area is 414 Å². The number of piperidine rings is 1. The zero-order chi connectivity index (χ0) is 48.3. The van der Waals surface area contributed by atoms with Crippen molar-refractivity contribution in [3.63, 3.8) is 0 Å². The molecule has 12 rings (SSSR count). The van der Waals surface area contributed by atoms with Crippen molar-refractivity contribution in [3.8, 4) is 0 Å². The number of hydrogen-bond donors (Lipinski definition) is 6. The Bertz CT molecular complexity index is 3400. The van der Waals surface area contributed by atoms with E-state index in [-0.39, 0.29) is 23.9 Å². The first-order chi connectivity index (χ1) is 34.5. The van der Waals surface area contributed by atoms with E-state index in [1.54, 1.807) is 0 Å². The third-order valence-electron chi connectivity index (χ3n) is 13.7. The zero-order valence-electron chi connectivity index (χ0n) is 39.1. The Morgan fingerprint density at radius 2 is 1.11 bits per heavy atom. The van der Waals surface area contributed by atoms with Crippen LogP contribution in [0.25, 0.3) is 42.0 Å². The van der Waals surface area contributed by atoms with Gasteiger partial charge in [-0.3, -0.25) is 19.4 Å². The molecule has 4 aliphatic rings. The van der Waals surface area contributed by atoms with Crippen LogP contribution in [0.2, 0.25) is 0 Å². The summed E-state index contributed by atoms with van der Waals surface area (Å²) in [7, 11) is 0. The number of piperazine rings is 1. The predicted octanol–water partition coefficient (Wildman–Crippen LogP) is 7.68. The number of thiophene rings is 2. The van der Waals surface area contributed by atoms with Crippen molar-refractivity contribution in [2.45, 2.75) is 51.9 Å². The monoisotopic (exact) mass is 995 g/mol. The van der Waals surface area contributed by atoms with Crippen LogP contribution in [0.5, 0.6) is 0 Å². The van der Waals surface area contributed by atoms with E-state index in [4.69, 9.17) is 15.0 Å². The van der Waals surface area contributed by atoms with Gasteiger partial charge in [-0.05, 0) is 87.7 Å². The summed E-state index contributed by atoms with van der Waals surface area (Å²) >= 11 is 2.93. The number of carbonyl (C=O) groups is 2. The number of rotatable bonds is 10. The Hall–Kier alpha value is -6.78. The van der Waals surface area contributed by atoms with Crippen LogP contribution in [-0.4, -0.2) is 127 Å². The first-order valence-electron chi connectivity index (χ1n) is 24.1. The lowest BCUT2D eigenvalue weighted by molar-refractivity contribution is 0.0830. The van der Waals surface area contributed by atoms with Crippen molar-refractivity contribution in [1.29, 1.82) is 0 Å². The van der Waals surface area contributed by atoms with Gasteiger partial charge in [0.15, 0.2) is 0 Å². The number of carbonyl (C=O) groups excluding carboxylic acids is 2. The van der Waals surface area contributed by atoms with Crippen molar-refractivity contribution in [2.24, 2.45) is 5.92 Å². The molecular formula is C50H51F2N15O2S2. The van der Waals surface area contributed by atoms with Gasteiger partial charge in [0.05, 0.1) is 35.5 Å². The van der Waals surface area contributed by atoms with Crippen molar-refractivity contribution in [3.05, 3.63) is 94.0 Å². The van der Waals surface area contributed by atoms with E-state index in [1.807, 2.05) is 62.4 Å². The summed E-state index contributed by atoms with van der Waals surface area (Å²) in [6, 6.07) is 18.1. The highest BCUT2D eigenvalue weighted by molar-refractivity contribution is 7.22. The fraction of sp³-hybridized carbons (Fsp3) is 0.360. The van der Waals surface area contributed by atoms with Gasteiger partial charge in [0, 0.05) is 108 Å². The maximum atomic E-state index is 15.0. The van der Waals surface area contributed by atoms with Gasteiger partial charge < -0.3 is 36.8 Å². The lowest BCUT2D eigenvalue weighted by atomic mass is 9.97. The number of amides is 2. The fourth-order valence-corrected chi connectivity index (χ4v) is 12.6. The Kier molecular flexibility index (Phi) is 12.0. The summed E-state index contributed by atoms with van der Waals surface area (Å²) in [5, 5.41) is 23.2. The number of nitrogens with zero attached hydrogens (tertiary/aromatic N) is 9. The van der Waals surface area contributed by atoms with Crippen LogP contribution in [0.15, 0.2) is 60.7 Å².